The van der Waals surface area contributed by atoms with Gasteiger partial charge in [0.2, 0.25) is 0 Å². The third-order valence-corrected chi connectivity index (χ3v) is 13.0. The van der Waals surface area contributed by atoms with Crippen LogP contribution in [0.2, 0.25) is 0 Å². The van der Waals surface area contributed by atoms with Crippen LogP contribution >= 0.6 is 0 Å². The van der Waals surface area contributed by atoms with Crippen molar-refractivity contribution < 1.29 is 76.3 Å². The van der Waals surface area contributed by atoms with Gasteiger partial charge in [-0.2, -0.15) is 0 Å². The molecular formula is C29H50I2N2O4. The van der Waals surface area contributed by atoms with E-state index in [0.717, 1.165) is 87.3 Å². The van der Waals surface area contributed by atoms with Gasteiger partial charge < -0.3 is 71.5 Å². The first kappa shape index (κ1) is 30.9. The summed E-state index contributed by atoms with van der Waals surface area (Å²) in [5, 5.41) is 11.4. The van der Waals surface area contributed by atoms with E-state index in [0.29, 0.717) is 35.5 Å². The molecule has 0 aromatic rings. The number of carbonyl (C=O) groups is 1. The van der Waals surface area contributed by atoms with Crippen LogP contribution in [-0.2, 0) is 14.3 Å². The molecule has 0 unspecified atom stereocenters. The van der Waals surface area contributed by atoms with E-state index in [1.54, 1.807) is 0 Å². The number of aliphatic hydroxyl groups is 1. The molecule has 0 amide bonds. The number of Topliss-reactive ketones (excluding diaryl/α,β-unsaturated/α-hetero) is 1. The van der Waals surface area contributed by atoms with Crippen molar-refractivity contribution in [3.05, 3.63) is 0 Å². The Kier molecular flexibility index (Phi) is 9.15. The highest BCUT2D eigenvalue weighted by Crippen LogP contribution is 2.66. The average molecular weight is 745 g/mol. The summed E-state index contributed by atoms with van der Waals surface area (Å²) >= 11 is 0. The van der Waals surface area contributed by atoms with Gasteiger partial charge in [0, 0.05) is 18.3 Å². The number of fused-ring (bicyclic) bond motifs is 5. The number of hydrogen-bond acceptors (Lipinski definition) is 4. The van der Waals surface area contributed by atoms with E-state index in [2.05, 4.69) is 27.9 Å². The van der Waals surface area contributed by atoms with Gasteiger partial charge in [0.1, 0.15) is 44.4 Å². The lowest BCUT2D eigenvalue weighted by Crippen LogP contribution is -3.00. The SMILES string of the molecule is C[C@]12C[C@H]([N+]3(C)CCOCC3)[C@@H](O)C[C@@H]1CC[C@@H]1[C@@H]2CC[C@]2(C)C(=O)[C@@H]([N+]3(C)CCOCC3)C[C@@H]12.[I-].[I-]. The summed E-state index contributed by atoms with van der Waals surface area (Å²) in [5.74, 6) is 3.10. The van der Waals surface area contributed by atoms with Crippen molar-refractivity contribution in [3.8, 4) is 0 Å². The molecule has 6 aliphatic rings. The van der Waals surface area contributed by atoms with Crippen LogP contribution in [0.5, 0.6) is 0 Å². The number of ketones is 1. The Labute approximate surface area is 258 Å². The fraction of sp³-hybridized carbons (Fsp3) is 0.966. The largest absolute Gasteiger partial charge is 1.00 e. The van der Waals surface area contributed by atoms with Crippen LogP contribution in [0.4, 0.5) is 0 Å². The lowest BCUT2D eigenvalue weighted by Gasteiger charge is -2.62. The molecule has 2 saturated heterocycles. The molecular weight excluding hydrogens is 694 g/mol. The molecule has 0 spiro atoms. The summed E-state index contributed by atoms with van der Waals surface area (Å²) in [6.45, 7) is 12.1. The van der Waals surface area contributed by atoms with Crippen molar-refractivity contribution >= 4 is 5.78 Å². The van der Waals surface area contributed by atoms with Crippen LogP contribution in [0.3, 0.4) is 0 Å². The quantitative estimate of drug-likeness (QED) is 0.241. The minimum atomic E-state index is -0.190. The predicted octanol–water partition coefficient (Wildman–Crippen LogP) is -3.12. The van der Waals surface area contributed by atoms with Gasteiger partial charge in [0.05, 0.1) is 40.5 Å². The van der Waals surface area contributed by atoms with Gasteiger partial charge in [-0.3, -0.25) is 4.79 Å². The molecule has 4 saturated carbocycles. The lowest BCUT2D eigenvalue weighted by molar-refractivity contribution is -0.945. The fourth-order valence-corrected chi connectivity index (χ4v) is 10.4. The molecule has 2 heterocycles. The van der Waals surface area contributed by atoms with Gasteiger partial charge in [-0.1, -0.05) is 13.8 Å². The zero-order chi connectivity index (χ0) is 24.6. The van der Waals surface area contributed by atoms with Crippen molar-refractivity contribution in [3.63, 3.8) is 0 Å². The Morgan fingerprint density at radius 3 is 2.05 bits per heavy atom. The minimum absolute atomic E-state index is 0. The van der Waals surface area contributed by atoms with Crippen LogP contribution in [0, 0.1) is 34.5 Å². The first-order valence-electron chi connectivity index (χ1n) is 14.7. The summed E-state index contributed by atoms with van der Waals surface area (Å²) in [5.41, 5.74) is 0.150. The second kappa shape index (κ2) is 11.0. The summed E-state index contributed by atoms with van der Waals surface area (Å²) in [6.07, 6.45) is 7.77. The Balaban J connectivity index is 0.00000160. The Morgan fingerprint density at radius 2 is 1.43 bits per heavy atom. The fourth-order valence-electron chi connectivity index (χ4n) is 10.4. The highest BCUT2D eigenvalue weighted by molar-refractivity contribution is 5.91. The number of quaternary nitrogens is 2. The zero-order valence-corrected chi connectivity index (χ0v) is 27.8. The summed E-state index contributed by atoms with van der Waals surface area (Å²) in [7, 11) is 4.69. The highest BCUT2D eigenvalue weighted by Gasteiger charge is 2.66. The molecule has 0 aromatic carbocycles. The van der Waals surface area contributed by atoms with E-state index in [-0.39, 0.29) is 70.9 Å². The van der Waals surface area contributed by atoms with Crippen LogP contribution in [-0.4, -0.2) is 105 Å². The van der Waals surface area contributed by atoms with Crippen LogP contribution in [0.25, 0.3) is 0 Å². The molecule has 0 radical (unpaired) electrons. The molecule has 6 fully saturated rings. The molecule has 6 rings (SSSR count). The molecule has 6 nitrogen and oxygen atoms in total. The Hall–Kier alpha value is 0.930. The van der Waals surface area contributed by atoms with E-state index in [9.17, 15) is 9.90 Å². The van der Waals surface area contributed by atoms with Crippen LogP contribution in [0.1, 0.15) is 58.8 Å². The molecule has 9 atom stereocenters. The topological polar surface area (TPSA) is 55.8 Å². The van der Waals surface area contributed by atoms with Gasteiger partial charge in [0.15, 0.2) is 5.78 Å². The number of halogens is 2. The highest BCUT2D eigenvalue weighted by atomic mass is 127. The van der Waals surface area contributed by atoms with E-state index in [1.807, 2.05) is 0 Å². The van der Waals surface area contributed by atoms with Crippen LogP contribution < -0.4 is 48.0 Å². The number of likely N-dealkylation sites (N-methyl/N-ethyl adjacent to an activating group) is 2. The summed E-state index contributed by atoms with van der Waals surface area (Å²) in [6, 6.07) is 0.486. The van der Waals surface area contributed by atoms with E-state index in [4.69, 9.17) is 9.47 Å². The maximum absolute atomic E-state index is 14.0. The van der Waals surface area contributed by atoms with Crippen molar-refractivity contribution in [2.24, 2.45) is 34.5 Å². The van der Waals surface area contributed by atoms with Gasteiger partial charge >= 0.3 is 0 Å². The van der Waals surface area contributed by atoms with Crippen molar-refractivity contribution in [2.45, 2.75) is 77.0 Å². The lowest BCUT2D eigenvalue weighted by atomic mass is 9.44. The van der Waals surface area contributed by atoms with E-state index < -0.39 is 0 Å². The first-order valence-corrected chi connectivity index (χ1v) is 14.7. The molecule has 2 aliphatic heterocycles. The molecule has 8 heteroatoms. The number of rotatable bonds is 2. The summed E-state index contributed by atoms with van der Waals surface area (Å²) in [4.78, 5) is 14.0. The molecule has 4 aliphatic carbocycles. The van der Waals surface area contributed by atoms with Crippen molar-refractivity contribution in [1.29, 1.82) is 0 Å². The minimum Gasteiger partial charge on any atom is -1.00 e. The number of ether oxygens (including phenoxy) is 2. The van der Waals surface area contributed by atoms with E-state index in [1.165, 1.54) is 19.3 Å². The number of aliphatic hydroxyl groups excluding tert-OH is 1. The van der Waals surface area contributed by atoms with Gasteiger partial charge in [-0.15, -0.1) is 0 Å². The van der Waals surface area contributed by atoms with Crippen LogP contribution in [0.15, 0.2) is 0 Å². The maximum Gasteiger partial charge on any atom is 0.196 e. The monoisotopic (exact) mass is 744 g/mol. The Morgan fingerprint density at radius 1 is 0.838 bits per heavy atom. The van der Waals surface area contributed by atoms with Gasteiger partial charge in [0.25, 0.3) is 0 Å². The third kappa shape index (κ3) is 4.80. The van der Waals surface area contributed by atoms with Crippen molar-refractivity contribution in [2.75, 3.05) is 66.7 Å². The second-order valence-electron chi connectivity index (χ2n) is 14.4. The third-order valence-electron chi connectivity index (χ3n) is 13.0. The second-order valence-corrected chi connectivity index (χ2v) is 14.4. The number of hydrogen-bond donors (Lipinski definition) is 1. The molecule has 37 heavy (non-hydrogen) atoms. The molecule has 214 valence electrons. The number of morpholine rings is 2. The maximum atomic E-state index is 14.0. The van der Waals surface area contributed by atoms with Gasteiger partial charge in [-0.05, 0) is 61.2 Å². The number of nitrogens with zero attached hydrogens (tertiary/aromatic N) is 2. The first-order chi connectivity index (χ1) is 16.6. The molecule has 0 aromatic heterocycles. The Bertz CT molecular complexity index is 848. The standard InChI is InChI=1S/C29H50N2O4.2HI/c1-28-8-7-22-21(23(28)18-24(27(28)33)30(3)9-13-34-14-10-30)6-5-20-17-26(32)25(19-29(20,22)2)31(4)11-15-35-16-12-31;;/h20-26,32H,5-19H2,1-4H3;2*1H/q+2;;/p-2/t20-,21+,22-,23-,24-,25-,26-,28-,29-;;/m0../s1. The molecule has 0 bridgehead atoms. The normalized spacial score (nSPS) is 48.5. The van der Waals surface area contributed by atoms with E-state index >= 15 is 0 Å². The van der Waals surface area contributed by atoms with Crippen molar-refractivity contribution in [1.82, 2.24) is 0 Å². The van der Waals surface area contributed by atoms with Gasteiger partial charge in [-0.25, -0.2) is 0 Å². The zero-order valence-electron chi connectivity index (χ0n) is 23.5. The predicted molar refractivity (Wildman–Crippen MR) is 135 cm³/mol. The number of carbonyl (C=O) groups excluding carboxylic acids is 1. The average Bonchev–Trinajstić information content (AvgIpc) is 3.12. The summed E-state index contributed by atoms with van der Waals surface area (Å²) < 4.78 is 13.3. The molecule has 1 N–H and O–H groups in total. The smallest absolute Gasteiger partial charge is 0.196 e.